The summed E-state index contributed by atoms with van der Waals surface area (Å²) in [5, 5.41) is 0. The third-order valence-electron chi connectivity index (χ3n) is 4.11. The van der Waals surface area contributed by atoms with Crippen molar-refractivity contribution in [2.75, 3.05) is 47.9 Å². The number of methoxy groups -OCH3 is 2. The Kier molecular flexibility index (Phi) is 4.86. The monoisotopic (exact) mass is 279 g/mol. The molecule has 1 saturated heterocycles. The Labute approximate surface area is 121 Å². The quantitative estimate of drug-likeness (QED) is 0.889. The first-order valence-electron chi connectivity index (χ1n) is 6.93. The molecule has 2 atom stereocenters. The van der Waals surface area contributed by atoms with Gasteiger partial charge in [0.1, 0.15) is 11.5 Å². The molecule has 5 heteroatoms. The molecule has 0 radical (unpaired) electrons. The predicted molar refractivity (Wildman–Crippen MR) is 80.4 cm³/mol. The molecule has 0 aliphatic carbocycles. The number of piperazine rings is 1. The molecule has 0 bridgehead atoms. The lowest BCUT2D eigenvalue weighted by Gasteiger charge is -2.41. The van der Waals surface area contributed by atoms with Crippen molar-refractivity contribution in [3.05, 3.63) is 23.8 Å². The van der Waals surface area contributed by atoms with E-state index in [9.17, 15) is 0 Å². The van der Waals surface area contributed by atoms with Crippen LogP contribution >= 0.6 is 0 Å². The average molecular weight is 279 g/mol. The van der Waals surface area contributed by atoms with Crippen molar-refractivity contribution in [1.29, 1.82) is 0 Å². The fourth-order valence-corrected chi connectivity index (χ4v) is 2.74. The molecule has 2 rings (SSSR count). The van der Waals surface area contributed by atoms with Gasteiger partial charge < -0.3 is 20.1 Å². The maximum absolute atomic E-state index is 6.52. The van der Waals surface area contributed by atoms with Crippen LogP contribution in [0.5, 0.6) is 11.5 Å². The standard InChI is InChI=1S/C15H25N3O2/c1-17-7-8-18(2)13(10-17)15(16)12-9-11(19-3)5-6-14(12)20-4/h5-6,9,13,15H,7-8,10,16H2,1-4H3. The summed E-state index contributed by atoms with van der Waals surface area (Å²) in [4.78, 5) is 4.64. The summed E-state index contributed by atoms with van der Waals surface area (Å²) in [5.74, 6) is 1.63. The molecule has 0 spiro atoms. The molecule has 1 fully saturated rings. The highest BCUT2D eigenvalue weighted by Gasteiger charge is 2.30. The highest BCUT2D eigenvalue weighted by molar-refractivity contribution is 5.42. The fourth-order valence-electron chi connectivity index (χ4n) is 2.74. The zero-order valence-corrected chi connectivity index (χ0v) is 12.8. The molecular formula is C15H25N3O2. The Balaban J connectivity index is 2.28. The molecule has 1 aliphatic heterocycles. The highest BCUT2D eigenvalue weighted by Crippen LogP contribution is 2.31. The van der Waals surface area contributed by atoms with E-state index in [0.29, 0.717) is 0 Å². The van der Waals surface area contributed by atoms with Gasteiger partial charge in [-0.15, -0.1) is 0 Å². The maximum atomic E-state index is 6.52. The predicted octanol–water partition coefficient (Wildman–Crippen LogP) is 0.949. The molecule has 2 unspecified atom stereocenters. The summed E-state index contributed by atoms with van der Waals surface area (Å²) in [7, 11) is 7.60. The van der Waals surface area contributed by atoms with Crippen LogP contribution in [0.15, 0.2) is 18.2 Å². The number of nitrogens with zero attached hydrogens (tertiary/aromatic N) is 2. The maximum Gasteiger partial charge on any atom is 0.123 e. The number of likely N-dealkylation sites (N-methyl/N-ethyl adjacent to an activating group) is 2. The van der Waals surface area contributed by atoms with Gasteiger partial charge in [-0.25, -0.2) is 0 Å². The molecule has 0 aromatic heterocycles. The number of ether oxygens (including phenoxy) is 2. The number of rotatable bonds is 4. The summed E-state index contributed by atoms with van der Waals surface area (Å²) < 4.78 is 10.8. The van der Waals surface area contributed by atoms with Crippen LogP contribution < -0.4 is 15.2 Å². The fraction of sp³-hybridized carbons (Fsp3) is 0.600. The normalized spacial score (nSPS) is 22.6. The van der Waals surface area contributed by atoms with Gasteiger partial charge in [-0.2, -0.15) is 0 Å². The second kappa shape index (κ2) is 6.43. The van der Waals surface area contributed by atoms with Crippen LogP contribution in [0.4, 0.5) is 0 Å². The molecular weight excluding hydrogens is 254 g/mol. The molecule has 112 valence electrons. The van der Waals surface area contributed by atoms with Crippen LogP contribution in [0, 0.1) is 0 Å². The van der Waals surface area contributed by atoms with Crippen molar-refractivity contribution in [2.45, 2.75) is 12.1 Å². The van der Waals surface area contributed by atoms with Gasteiger partial charge >= 0.3 is 0 Å². The first kappa shape index (κ1) is 15.1. The van der Waals surface area contributed by atoms with Crippen molar-refractivity contribution >= 4 is 0 Å². The van der Waals surface area contributed by atoms with E-state index < -0.39 is 0 Å². The third kappa shape index (κ3) is 3.06. The number of hydrogen-bond donors (Lipinski definition) is 1. The van der Waals surface area contributed by atoms with Crippen molar-refractivity contribution in [3.8, 4) is 11.5 Å². The lowest BCUT2D eigenvalue weighted by molar-refractivity contribution is 0.0967. The zero-order chi connectivity index (χ0) is 14.7. The van der Waals surface area contributed by atoms with Crippen LogP contribution in [0.25, 0.3) is 0 Å². The lowest BCUT2D eigenvalue weighted by Crippen LogP contribution is -2.54. The second-order valence-corrected chi connectivity index (χ2v) is 5.44. The molecule has 1 aromatic carbocycles. The van der Waals surface area contributed by atoms with Gasteiger partial charge in [0.15, 0.2) is 0 Å². The van der Waals surface area contributed by atoms with Gasteiger partial charge in [-0.05, 0) is 32.3 Å². The molecule has 1 aromatic rings. The minimum Gasteiger partial charge on any atom is -0.497 e. The first-order chi connectivity index (χ1) is 9.56. The van der Waals surface area contributed by atoms with Gasteiger partial charge in [0.2, 0.25) is 0 Å². The van der Waals surface area contributed by atoms with Crippen LogP contribution in [0.3, 0.4) is 0 Å². The Bertz CT molecular complexity index is 453. The van der Waals surface area contributed by atoms with Crippen molar-refractivity contribution in [2.24, 2.45) is 5.73 Å². The first-order valence-corrected chi connectivity index (χ1v) is 6.93. The summed E-state index contributed by atoms with van der Waals surface area (Å²) in [6.45, 7) is 3.06. The van der Waals surface area contributed by atoms with Crippen molar-refractivity contribution < 1.29 is 9.47 Å². The largest absolute Gasteiger partial charge is 0.497 e. The third-order valence-corrected chi connectivity index (χ3v) is 4.11. The Hall–Kier alpha value is -1.30. The van der Waals surface area contributed by atoms with Crippen molar-refractivity contribution in [1.82, 2.24) is 9.80 Å². The summed E-state index contributed by atoms with van der Waals surface area (Å²) in [6.07, 6.45) is 0. The summed E-state index contributed by atoms with van der Waals surface area (Å²) in [6, 6.07) is 5.96. The van der Waals surface area contributed by atoms with Crippen LogP contribution in [0.1, 0.15) is 11.6 Å². The van der Waals surface area contributed by atoms with Gasteiger partial charge in [0.05, 0.1) is 20.3 Å². The summed E-state index contributed by atoms with van der Waals surface area (Å²) >= 11 is 0. The van der Waals surface area contributed by atoms with E-state index in [0.717, 1.165) is 36.7 Å². The number of hydrogen-bond acceptors (Lipinski definition) is 5. The van der Waals surface area contributed by atoms with E-state index in [2.05, 4.69) is 23.9 Å². The van der Waals surface area contributed by atoms with E-state index in [4.69, 9.17) is 15.2 Å². The van der Waals surface area contributed by atoms with Gasteiger partial charge in [0, 0.05) is 31.2 Å². The second-order valence-electron chi connectivity index (χ2n) is 5.44. The Morgan fingerprint density at radius 3 is 2.60 bits per heavy atom. The molecule has 0 amide bonds. The van der Waals surface area contributed by atoms with Gasteiger partial charge in [-0.1, -0.05) is 0 Å². The van der Waals surface area contributed by atoms with E-state index in [1.165, 1.54) is 0 Å². The SMILES string of the molecule is COc1ccc(OC)c(C(N)C2CN(C)CCN2C)c1. The number of benzene rings is 1. The topological polar surface area (TPSA) is 51.0 Å². The average Bonchev–Trinajstić information content (AvgIpc) is 2.48. The molecule has 2 N–H and O–H groups in total. The highest BCUT2D eigenvalue weighted by atomic mass is 16.5. The van der Waals surface area contributed by atoms with Gasteiger partial charge in [0.25, 0.3) is 0 Å². The van der Waals surface area contributed by atoms with E-state index in [1.54, 1.807) is 14.2 Å². The van der Waals surface area contributed by atoms with E-state index in [-0.39, 0.29) is 12.1 Å². The number of nitrogens with two attached hydrogens (primary N) is 1. The van der Waals surface area contributed by atoms with Crippen molar-refractivity contribution in [3.63, 3.8) is 0 Å². The van der Waals surface area contributed by atoms with E-state index >= 15 is 0 Å². The van der Waals surface area contributed by atoms with Gasteiger partial charge in [-0.3, -0.25) is 4.90 Å². The summed E-state index contributed by atoms with van der Waals surface area (Å²) in [5.41, 5.74) is 7.52. The zero-order valence-electron chi connectivity index (χ0n) is 12.8. The van der Waals surface area contributed by atoms with E-state index in [1.807, 2.05) is 18.2 Å². The molecule has 1 heterocycles. The molecule has 5 nitrogen and oxygen atoms in total. The molecule has 0 saturated carbocycles. The minimum absolute atomic E-state index is 0.104. The molecule has 20 heavy (non-hydrogen) atoms. The Morgan fingerprint density at radius 1 is 1.20 bits per heavy atom. The van der Waals surface area contributed by atoms with Crippen LogP contribution in [-0.2, 0) is 0 Å². The minimum atomic E-state index is -0.104. The Morgan fingerprint density at radius 2 is 1.95 bits per heavy atom. The molecule has 1 aliphatic rings. The van der Waals surface area contributed by atoms with Crippen LogP contribution in [0.2, 0.25) is 0 Å². The van der Waals surface area contributed by atoms with Crippen LogP contribution in [-0.4, -0.2) is 63.8 Å². The smallest absolute Gasteiger partial charge is 0.123 e. The lowest BCUT2D eigenvalue weighted by atomic mass is 9.96.